The normalized spacial score (nSPS) is 11.0. The molecule has 0 spiro atoms. The first kappa shape index (κ1) is 30.4. The molecule has 8 rings (SSSR count). The maximum atomic E-state index is 3.30. The van der Waals surface area contributed by atoms with Gasteiger partial charge in [-0.2, -0.15) is 59.7 Å². The number of hydrogen-bond donors (Lipinski definition) is 0. The first-order chi connectivity index (χ1) is 21.3. The Labute approximate surface area is 269 Å². The molecule has 0 N–H and O–H groups in total. The van der Waals surface area contributed by atoms with Crippen molar-refractivity contribution < 1.29 is 20.0 Å². The van der Waals surface area contributed by atoms with Gasteiger partial charge in [0.15, 0.2) is 0 Å². The van der Waals surface area contributed by atoms with Crippen LogP contribution in [0, 0.1) is 12.1 Å². The molecular weight excluding hydrogens is 552 g/mol. The summed E-state index contributed by atoms with van der Waals surface area (Å²) < 4.78 is 2.00. The van der Waals surface area contributed by atoms with Gasteiger partial charge in [-0.05, 0) is 36.8 Å². The van der Waals surface area contributed by atoms with Crippen molar-refractivity contribution in [1.82, 2.24) is 0 Å². The predicted octanol–water partition coefficient (Wildman–Crippen LogP) is 9.94. The average Bonchev–Trinajstić information content (AvgIpc) is 3.64. The SMILES string of the molecule is C[CH]=[Ti+2].[c-]1cccc2c1Cc1ccccc1-2.[c-]1cccc2c1Cc1ccccc1-2.c1ccc(CCc2ccccc2)cc1. The van der Waals surface area contributed by atoms with Crippen molar-refractivity contribution in [1.29, 1.82) is 0 Å². The molecule has 2 aliphatic rings. The Hall–Kier alpha value is -4.10. The molecule has 6 aromatic carbocycles. The summed E-state index contributed by atoms with van der Waals surface area (Å²) in [6.07, 6.45) is 4.36. The monoisotopic (exact) mass is 588 g/mol. The van der Waals surface area contributed by atoms with Crippen LogP contribution in [0.1, 0.15) is 40.3 Å². The van der Waals surface area contributed by atoms with Gasteiger partial charge >= 0.3 is 31.2 Å². The van der Waals surface area contributed by atoms with Crippen molar-refractivity contribution in [3.05, 3.63) is 191 Å². The van der Waals surface area contributed by atoms with E-state index in [2.05, 4.69) is 146 Å². The summed E-state index contributed by atoms with van der Waals surface area (Å²) in [6, 6.07) is 57.5. The van der Waals surface area contributed by atoms with E-state index in [1.54, 1.807) is 0 Å². The fraction of sp³-hybridized carbons (Fsp3) is 0.119. The number of fused-ring (bicyclic) bond motifs is 6. The summed E-state index contributed by atoms with van der Waals surface area (Å²) in [5.41, 5.74) is 13.8. The summed E-state index contributed by atoms with van der Waals surface area (Å²) >= 11 is 2.00. The summed E-state index contributed by atoms with van der Waals surface area (Å²) in [5, 5.41) is 0. The molecule has 208 valence electrons. The minimum atomic E-state index is 1.05. The summed E-state index contributed by atoms with van der Waals surface area (Å²) in [7, 11) is 0. The number of rotatable bonds is 3. The van der Waals surface area contributed by atoms with Gasteiger partial charge in [-0.25, -0.2) is 0 Å². The van der Waals surface area contributed by atoms with Crippen molar-refractivity contribution in [2.45, 2.75) is 32.6 Å². The van der Waals surface area contributed by atoms with E-state index in [1.807, 2.05) is 43.3 Å². The van der Waals surface area contributed by atoms with E-state index < -0.39 is 0 Å². The molecule has 0 amide bonds. The van der Waals surface area contributed by atoms with Gasteiger partial charge in [0.25, 0.3) is 0 Å². The maximum absolute atomic E-state index is 3.30. The van der Waals surface area contributed by atoms with Gasteiger partial charge < -0.3 is 0 Å². The Morgan fingerprint density at radius 2 is 0.837 bits per heavy atom. The Bertz CT molecular complexity index is 1520. The second-order valence-corrected chi connectivity index (χ2v) is 11.5. The number of hydrogen-bond acceptors (Lipinski definition) is 0. The van der Waals surface area contributed by atoms with Gasteiger partial charge in [-0.3, -0.25) is 0 Å². The molecule has 1 heteroatoms. The van der Waals surface area contributed by atoms with E-state index in [0.717, 1.165) is 25.7 Å². The summed E-state index contributed by atoms with van der Waals surface area (Å²) in [4.78, 5) is 0. The van der Waals surface area contributed by atoms with Crippen molar-refractivity contribution in [2.24, 2.45) is 0 Å². The standard InChI is InChI=1S/C14H14.2C13H9.C2H4.Ti/c1-3-7-13(8-4-1)11-12-14-9-5-2-6-10-14;2*1-3-7-12-10(5-1)9-11-6-2-4-8-13(11)12;1-2;/h1-10H,11-12H2;2*1-5,7-8H,9H2;1H,2H3;/q;2*-1;;+2. The van der Waals surface area contributed by atoms with Crippen LogP contribution in [0.25, 0.3) is 22.3 Å². The van der Waals surface area contributed by atoms with Gasteiger partial charge in [0, 0.05) is 0 Å². The van der Waals surface area contributed by atoms with Crippen molar-refractivity contribution in [2.75, 3.05) is 0 Å². The van der Waals surface area contributed by atoms with Crippen LogP contribution in [0.15, 0.2) is 146 Å². The topological polar surface area (TPSA) is 0 Å². The van der Waals surface area contributed by atoms with Gasteiger partial charge in [-0.1, -0.05) is 131 Å². The molecule has 0 saturated carbocycles. The van der Waals surface area contributed by atoms with Crippen LogP contribution in [0.3, 0.4) is 0 Å². The fourth-order valence-corrected chi connectivity index (χ4v) is 5.57. The molecule has 0 atom stereocenters. The molecular formula is C42H36Ti. The third-order valence-electron chi connectivity index (χ3n) is 7.62. The van der Waals surface area contributed by atoms with E-state index in [1.165, 1.54) is 55.6 Å². The van der Waals surface area contributed by atoms with E-state index in [4.69, 9.17) is 0 Å². The largest absolute Gasteiger partial charge is 0.179 e. The first-order valence-corrected chi connectivity index (χ1v) is 15.9. The molecule has 43 heavy (non-hydrogen) atoms. The molecule has 6 aromatic rings. The van der Waals surface area contributed by atoms with Crippen molar-refractivity contribution in [3.63, 3.8) is 0 Å². The summed E-state index contributed by atoms with van der Waals surface area (Å²) in [5.74, 6) is 0. The minimum absolute atomic E-state index is 1.05. The summed E-state index contributed by atoms with van der Waals surface area (Å²) in [6.45, 7) is 2.00. The predicted molar refractivity (Wildman–Crippen MR) is 179 cm³/mol. The second kappa shape index (κ2) is 15.9. The smallest absolute Gasteiger partial charge is 0.0238 e. The van der Waals surface area contributed by atoms with Crippen LogP contribution in [0.2, 0.25) is 0 Å². The third kappa shape index (κ3) is 8.26. The van der Waals surface area contributed by atoms with Crippen LogP contribution in [0.5, 0.6) is 0 Å². The van der Waals surface area contributed by atoms with Crippen molar-refractivity contribution >= 4 is 4.31 Å². The van der Waals surface area contributed by atoms with Crippen molar-refractivity contribution in [3.8, 4) is 22.3 Å². The Kier molecular flexibility index (Phi) is 11.3. The zero-order chi connectivity index (χ0) is 29.7. The van der Waals surface area contributed by atoms with Gasteiger partial charge in [0.1, 0.15) is 0 Å². The zero-order valence-corrected chi connectivity index (χ0v) is 26.3. The van der Waals surface area contributed by atoms with Crippen LogP contribution in [-0.4, -0.2) is 4.31 Å². The molecule has 0 aromatic heterocycles. The van der Waals surface area contributed by atoms with E-state index in [-0.39, 0.29) is 0 Å². The number of aryl methyl sites for hydroxylation is 2. The van der Waals surface area contributed by atoms with Gasteiger partial charge in [0.2, 0.25) is 0 Å². The third-order valence-corrected chi connectivity index (χ3v) is 7.62. The van der Waals surface area contributed by atoms with E-state index in [9.17, 15) is 0 Å². The van der Waals surface area contributed by atoms with E-state index in [0.29, 0.717) is 0 Å². The molecule has 0 unspecified atom stereocenters. The number of benzene rings is 6. The van der Waals surface area contributed by atoms with Gasteiger partial charge in [0.05, 0.1) is 0 Å². The quantitative estimate of drug-likeness (QED) is 0.142. The molecule has 0 aliphatic heterocycles. The van der Waals surface area contributed by atoms with Gasteiger partial charge in [-0.15, -0.1) is 11.1 Å². The van der Waals surface area contributed by atoms with Crippen LogP contribution in [-0.2, 0) is 45.7 Å². The molecule has 0 bridgehead atoms. The molecule has 0 nitrogen and oxygen atoms in total. The molecule has 2 aliphatic carbocycles. The zero-order valence-electron chi connectivity index (χ0n) is 24.8. The molecule has 0 heterocycles. The van der Waals surface area contributed by atoms with Crippen LogP contribution in [0.4, 0.5) is 0 Å². The Morgan fingerprint density at radius 3 is 1.26 bits per heavy atom. The average molecular weight is 589 g/mol. The molecule has 0 radical (unpaired) electrons. The fourth-order valence-electron chi connectivity index (χ4n) is 5.57. The van der Waals surface area contributed by atoms with Crippen LogP contribution < -0.4 is 0 Å². The van der Waals surface area contributed by atoms with Crippen LogP contribution >= 0.6 is 0 Å². The Balaban J connectivity index is 0.000000123. The molecule has 0 saturated heterocycles. The van der Waals surface area contributed by atoms with E-state index >= 15 is 0 Å². The minimum Gasteiger partial charge on any atom is -0.179 e. The Morgan fingerprint density at radius 1 is 0.488 bits per heavy atom. The second-order valence-electron chi connectivity index (χ2n) is 10.6. The molecule has 0 fully saturated rings. The maximum Gasteiger partial charge on any atom is -0.0238 e. The first-order valence-electron chi connectivity index (χ1n) is 15.0.